The van der Waals surface area contributed by atoms with Crippen LogP contribution in [0.1, 0.15) is 54.4 Å². The van der Waals surface area contributed by atoms with Crippen LogP contribution in [0.3, 0.4) is 0 Å². The predicted octanol–water partition coefficient (Wildman–Crippen LogP) is 3.84. The Labute approximate surface area is 195 Å². The Balaban J connectivity index is 1.88. The van der Waals surface area contributed by atoms with Crippen LogP contribution >= 0.6 is 0 Å². The lowest BCUT2D eigenvalue weighted by atomic mass is 9.79. The van der Waals surface area contributed by atoms with Crippen molar-refractivity contribution in [2.45, 2.75) is 83.7 Å². The van der Waals surface area contributed by atoms with Gasteiger partial charge in [0.15, 0.2) is 8.32 Å². The highest BCUT2D eigenvalue weighted by Crippen LogP contribution is 2.39. The van der Waals surface area contributed by atoms with Crippen LogP contribution in [0.25, 0.3) is 0 Å². The molecule has 0 amide bonds. The molecule has 0 spiro atoms. The molecule has 1 saturated heterocycles. The van der Waals surface area contributed by atoms with Crippen molar-refractivity contribution in [2.24, 2.45) is 0 Å². The first-order chi connectivity index (χ1) is 14.6. The maximum atomic E-state index is 14.9. The number of benzene rings is 1. The number of halogens is 1. The van der Waals surface area contributed by atoms with Crippen LogP contribution in [0.2, 0.25) is 18.1 Å². The molecule has 1 aliphatic heterocycles. The Kier molecular flexibility index (Phi) is 8.62. The van der Waals surface area contributed by atoms with Crippen LogP contribution < -0.4 is 15.8 Å². The zero-order valence-corrected chi connectivity index (χ0v) is 22.3. The minimum Gasteiger partial charge on any atom is -0.432 e. The minimum absolute atomic E-state index is 0.0186. The van der Waals surface area contributed by atoms with Gasteiger partial charge in [0.05, 0.1) is 30.5 Å². The van der Waals surface area contributed by atoms with E-state index in [4.69, 9.17) is 14.1 Å². The van der Waals surface area contributed by atoms with Crippen molar-refractivity contribution in [3.63, 3.8) is 0 Å². The molecule has 6 nitrogen and oxygen atoms in total. The zero-order chi connectivity index (χ0) is 24.4. The molecule has 2 N–H and O–H groups in total. The molecular formula is C23H42BFN2O4Si. The highest BCUT2D eigenvalue weighted by molar-refractivity contribution is 6.72. The first kappa shape index (κ1) is 27.3. The van der Waals surface area contributed by atoms with Crippen LogP contribution in [-0.2, 0) is 14.1 Å². The molecule has 1 aliphatic rings. The highest BCUT2D eigenvalue weighted by atomic mass is 28.4. The van der Waals surface area contributed by atoms with Gasteiger partial charge < -0.3 is 19.4 Å². The fourth-order valence-electron chi connectivity index (χ4n) is 3.43. The molecule has 0 unspecified atom stereocenters. The summed E-state index contributed by atoms with van der Waals surface area (Å²) in [7, 11) is -1.23. The van der Waals surface area contributed by atoms with Gasteiger partial charge in [0.1, 0.15) is 5.82 Å². The van der Waals surface area contributed by atoms with E-state index in [1.54, 1.807) is 11.1 Å². The number of rotatable bonds is 11. The number of nitrogens with zero attached hydrogens (tertiary/aromatic N) is 1. The van der Waals surface area contributed by atoms with Crippen molar-refractivity contribution in [1.29, 1.82) is 0 Å². The molecule has 0 saturated carbocycles. The summed E-state index contributed by atoms with van der Waals surface area (Å²) in [5.41, 5.74) is 0.0868. The number of anilines is 1. The van der Waals surface area contributed by atoms with Gasteiger partial charge in [-0.1, -0.05) is 19.9 Å². The summed E-state index contributed by atoms with van der Waals surface area (Å²) >= 11 is 0. The summed E-state index contributed by atoms with van der Waals surface area (Å²) in [6.07, 6.45) is 1.95. The van der Waals surface area contributed by atoms with E-state index in [1.165, 1.54) is 13.2 Å². The topological polar surface area (TPSA) is 63.2 Å². The first-order valence-corrected chi connectivity index (χ1v) is 14.5. The molecule has 0 aliphatic carbocycles. The lowest BCUT2D eigenvalue weighted by Crippen LogP contribution is -2.41. The average Bonchev–Trinajstić information content (AvgIpc) is 2.88. The third kappa shape index (κ3) is 6.33. The predicted molar refractivity (Wildman–Crippen MR) is 132 cm³/mol. The third-order valence-corrected chi connectivity index (χ3v) is 10.9. The van der Waals surface area contributed by atoms with E-state index >= 15 is 0 Å². The largest absolute Gasteiger partial charge is 0.494 e. The highest BCUT2D eigenvalue weighted by Gasteiger charge is 2.51. The normalized spacial score (nSPS) is 18.3. The Bertz CT molecular complexity index is 755. The number of hydrogen-bond donors (Lipinski definition) is 2. The second-order valence-corrected chi connectivity index (χ2v) is 15.4. The summed E-state index contributed by atoms with van der Waals surface area (Å²) in [6.45, 7) is 18.2. The smallest absolute Gasteiger partial charge is 0.432 e. The molecule has 32 heavy (non-hydrogen) atoms. The molecule has 0 aromatic heterocycles. The molecule has 0 bridgehead atoms. The maximum Gasteiger partial charge on any atom is 0.494 e. The van der Waals surface area contributed by atoms with Gasteiger partial charge in [0, 0.05) is 6.54 Å². The van der Waals surface area contributed by atoms with E-state index in [9.17, 15) is 9.19 Å². The van der Waals surface area contributed by atoms with Gasteiger partial charge >= 0.3 is 7.12 Å². The molecule has 9 heteroatoms. The molecular weight excluding hydrogens is 426 g/mol. The van der Waals surface area contributed by atoms with Crippen LogP contribution in [0.4, 0.5) is 10.1 Å². The van der Waals surface area contributed by atoms with E-state index in [0.29, 0.717) is 24.2 Å². The first-order valence-electron chi connectivity index (χ1n) is 11.5. The van der Waals surface area contributed by atoms with Crippen LogP contribution in [0.5, 0.6) is 0 Å². The van der Waals surface area contributed by atoms with E-state index in [-0.39, 0.29) is 10.9 Å². The fourth-order valence-corrected chi connectivity index (χ4v) is 4.22. The maximum absolute atomic E-state index is 14.9. The zero-order valence-electron chi connectivity index (χ0n) is 21.3. The second kappa shape index (κ2) is 10.1. The lowest BCUT2D eigenvalue weighted by molar-refractivity contribution is 0.00578. The number of hydrogen-bond acceptors (Lipinski definition) is 6. The third-order valence-electron chi connectivity index (χ3n) is 7.29. The van der Waals surface area contributed by atoms with Gasteiger partial charge in [-0.3, -0.25) is 9.90 Å². The Morgan fingerprint density at radius 1 is 1.16 bits per heavy atom. The van der Waals surface area contributed by atoms with Crippen LogP contribution in [-0.4, -0.2) is 58.2 Å². The molecule has 0 radical (unpaired) electrons. The summed E-state index contributed by atoms with van der Waals surface area (Å²) < 4.78 is 27.0. The van der Waals surface area contributed by atoms with E-state index in [0.717, 1.165) is 19.4 Å². The van der Waals surface area contributed by atoms with E-state index in [1.807, 2.05) is 46.9 Å². The summed E-state index contributed by atoms with van der Waals surface area (Å²) in [6, 6.07) is 4.98. The van der Waals surface area contributed by atoms with Gasteiger partial charge in [-0.05, 0) is 82.8 Å². The molecule has 1 fully saturated rings. The summed E-state index contributed by atoms with van der Waals surface area (Å²) in [4.78, 5) is 15.8. The average molecular weight is 468 g/mol. The van der Waals surface area contributed by atoms with Gasteiger partial charge in [0.25, 0.3) is 0 Å². The molecule has 1 aromatic carbocycles. The Hall–Kier alpha value is -0.968. The summed E-state index contributed by atoms with van der Waals surface area (Å²) in [5, 5.41) is 4.91. The minimum atomic E-state index is -2.17. The van der Waals surface area contributed by atoms with Crippen LogP contribution in [0.15, 0.2) is 18.2 Å². The monoisotopic (exact) mass is 468 g/mol. The van der Waals surface area contributed by atoms with Gasteiger partial charge in [-0.15, -0.1) is 0 Å². The molecule has 2 rings (SSSR count). The summed E-state index contributed by atoms with van der Waals surface area (Å²) in [5.74, 6) is -0.379. The molecule has 0 atom stereocenters. The van der Waals surface area contributed by atoms with Gasteiger partial charge in [-0.25, -0.2) is 4.39 Å². The number of hydroxylamine groups is 1. The van der Waals surface area contributed by atoms with Crippen molar-refractivity contribution >= 4 is 26.6 Å². The van der Waals surface area contributed by atoms with E-state index < -0.39 is 26.6 Å². The number of nitrogens with one attached hydrogen (secondary N) is 1. The van der Waals surface area contributed by atoms with Crippen molar-refractivity contribution < 1.29 is 23.3 Å². The van der Waals surface area contributed by atoms with Crippen molar-refractivity contribution in [2.75, 3.05) is 31.8 Å². The standard InChI is InChI=1S/C23H42BFN2O4Si/c1-21(2,32(8,9)28)13-10-14-26-15-16-27(29-7)20-12-11-18(17-19(20)25)24-30-22(3,4)23(5,6)31-24/h11-12,17,26,28H,10,13-16H2,1-9H3. The second-order valence-electron chi connectivity index (χ2n) is 10.9. The fraction of sp³-hybridized carbons (Fsp3) is 0.739. The van der Waals surface area contributed by atoms with Crippen molar-refractivity contribution in [1.82, 2.24) is 5.32 Å². The lowest BCUT2D eigenvalue weighted by Gasteiger charge is -2.35. The van der Waals surface area contributed by atoms with Crippen LogP contribution in [0, 0.1) is 5.82 Å². The van der Waals surface area contributed by atoms with Crippen molar-refractivity contribution in [3.8, 4) is 0 Å². The Morgan fingerprint density at radius 3 is 2.25 bits per heavy atom. The van der Waals surface area contributed by atoms with Crippen molar-refractivity contribution in [3.05, 3.63) is 24.0 Å². The molecule has 1 aromatic rings. The SMILES string of the molecule is CON(CCNCCCC(C)(C)[Si](C)(C)O)c1ccc(B2OC(C)(C)C(C)(C)O2)cc1F. The molecule has 1 heterocycles. The quantitative estimate of drug-likeness (QED) is 0.292. The Morgan fingerprint density at radius 2 is 1.75 bits per heavy atom. The van der Waals surface area contributed by atoms with E-state index in [2.05, 4.69) is 19.2 Å². The van der Waals surface area contributed by atoms with Gasteiger partial charge in [0.2, 0.25) is 0 Å². The van der Waals surface area contributed by atoms with Gasteiger partial charge in [-0.2, -0.15) is 0 Å². The molecule has 182 valence electrons.